The Kier molecular flexibility index (Phi) is 8.53. The van der Waals surface area contributed by atoms with E-state index < -0.39 is 0 Å². The number of amides is 1. The minimum Gasteiger partial charge on any atom is -0.481 e. The molecule has 4 heterocycles. The largest absolute Gasteiger partial charge is 0.481 e. The van der Waals surface area contributed by atoms with Gasteiger partial charge >= 0.3 is 0 Å². The van der Waals surface area contributed by atoms with Crippen LogP contribution in [-0.2, 0) is 11.3 Å². The van der Waals surface area contributed by atoms with Crippen molar-refractivity contribution in [3.05, 3.63) is 52.8 Å². The highest BCUT2D eigenvalue weighted by atomic mass is 35.5. The summed E-state index contributed by atoms with van der Waals surface area (Å²) in [5, 5.41) is 7.04. The van der Waals surface area contributed by atoms with Crippen LogP contribution >= 0.6 is 11.6 Å². The van der Waals surface area contributed by atoms with Crippen LogP contribution in [0, 0.1) is 5.41 Å². The van der Waals surface area contributed by atoms with Gasteiger partial charge in [-0.05, 0) is 56.2 Å². The molecule has 0 bridgehead atoms. The van der Waals surface area contributed by atoms with E-state index in [1.165, 1.54) is 0 Å². The first-order valence-corrected chi connectivity index (χ1v) is 13.4. The summed E-state index contributed by atoms with van der Waals surface area (Å²) in [4.78, 5) is 25.2. The van der Waals surface area contributed by atoms with Crippen molar-refractivity contribution in [2.24, 2.45) is 5.41 Å². The lowest BCUT2D eigenvalue weighted by Gasteiger charge is -2.34. The van der Waals surface area contributed by atoms with E-state index in [2.05, 4.69) is 65.4 Å². The molecule has 0 aliphatic carbocycles. The predicted molar refractivity (Wildman–Crippen MR) is 152 cm³/mol. The van der Waals surface area contributed by atoms with E-state index in [0.29, 0.717) is 29.0 Å². The van der Waals surface area contributed by atoms with E-state index in [-0.39, 0.29) is 23.5 Å². The number of methoxy groups -OCH3 is 1. The first kappa shape index (κ1) is 27.8. The van der Waals surface area contributed by atoms with Gasteiger partial charge in [0.25, 0.3) is 5.91 Å². The maximum absolute atomic E-state index is 11.6. The van der Waals surface area contributed by atoms with Crippen molar-refractivity contribution in [2.45, 2.75) is 65.5 Å². The van der Waals surface area contributed by atoms with Crippen LogP contribution in [0.3, 0.4) is 0 Å². The predicted octanol–water partition coefficient (Wildman–Crippen LogP) is 6.19. The number of nitrogens with zero attached hydrogens (tertiary/aromatic N) is 3. The van der Waals surface area contributed by atoms with E-state index in [0.717, 1.165) is 48.0 Å². The fourth-order valence-corrected chi connectivity index (χ4v) is 4.54. The maximum Gasteiger partial charge on any atom is 0.263 e. The van der Waals surface area contributed by atoms with Crippen molar-refractivity contribution in [3.63, 3.8) is 0 Å². The number of carbonyl (C=O) groups excluding carboxylic acids is 1. The molecule has 2 N–H and O–H groups in total. The third kappa shape index (κ3) is 6.42. The molecule has 1 amide bonds. The lowest BCUT2D eigenvalue weighted by Crippen LogP contribution is -2.42. The summed E-state index contributed by atoms with van der Waals surface area (Å²) in [5.41, 5.74) is 3.08. The number of aromatic nitrogens is 3. The number of ether oxygens (including phenoxy) is 2. The van der Waals surface area contributed by atoms with Crippen LogP contribution in [0.15, 0.2) is 36.5 Å². The Balaban J connectivity index is 1.46. The third-order valence-electron chi connectivity index (χ3n) is 7.60. The summed E-state index contributed by atoms with van der Waals surface area (Å²) >= 11 is 6.55. The molecule has 8 nitrogen and oxygen atoms in total. The number of hydrogen-bond acceptors (Lipinski definition) is 7. The van der Waals surface area contributed by atoms with Gasteiger partial charge in [0.05, 0.1) is 23.3 Å². The second-order valence-corrected chi connectivity index (χ2v) is 10.7. The molecule has 9 heteroatoms. The van der Waals surface area contributed by atoms with Crippen LogP contribution in [0.4, 0.5) is 5.82 Å². The standard InChI is InChI=1S/C29H36ClN5O3/c1-6-28(3,13-12-20-21(30)17-31-22-9-11-25(37-5)35-26(20)22)14-15-29(4,7-2)32-16-19-8-10-23-27(33-19)34-24(36)18-38-23/h8-13,17,32H,6-7,14-16,18H2,1-5H3,(H,33,34,36)/b13-12+. The summed E-state index contributed by atoms with van der Waals surface area (Å²) in [7, 11) is 1.60. The highest BCUT2D eigenvalue weighted by molar-refractivity contribution is 6.32. The quantitative estimate of drug-likeness (QED) is 0.301. The normalized spacial score (nSPS) is 16.4. The van der Waals surface area contributed by atoms with Crippen molar-refractivity contribution in [2.75, 3.05) is 19.0 Å². The zero-order chi connectivity index (χ0) is 27.3. The molecule has 0 aromatic carbocycles. The monoisotopic (exact) mass is 537 g/mol. The molecule has 2 atom stereocenters. The Morgan fingerprint density at radius 2 is 1.97 bits per heavy atom. The number of nitrogens with one attached hydrogen (secondary N) is 2. The highest BCUT2D eigenvalue weighted by Crippen LogP contribution is 2.35. The van der Waals surface area contributed by atoms with Crippen molar-refractivity contribution in [1.82, 2.24) is 20.3 Å². The molecule has 202 valence electrons. The van der Waals surface area contributed by atoms with Crippen LogP contribution < -0.4 is 20.1 Å². The number of anilines is 1. The van der Waals surface area contributed by atoms with Gasteiger partial charge in [0.15, 0.2) is 18.2 Å². The lowest BCUT2D eigenvalue weighted by atomic mass is 9.77. The maximum atomic E-state index is 11.6. The molecule has 1 aliphatic heterocycles. The molecule has 0 saturated heterocycles. The topological polar surface area (TPSA) is 98.3 Å². The first-order chi connectivity index (χ1) is 18.2. The molecule has 0 saturated carbocycles. The molecule has 38 heavy (non-hydrogen) atoms. The number of hydrogen-bond donors (Lipinski definition) is 2. The highest BCUT2D eigenvalue weighted by Gasteiger charge is 2.27. The average Bonchev–Trinajstić information content (AvgIpc) is 2.94. The van der Waals surface area contributed by atoms with Crippen molar-refractivity contribution < 1.29 is 14.3 Å². The molecule has 0 spiro atoms. The number of allylic oxidation sites excluding steroid dienone is 1. The Morgan fingerprint density at radius 3 is 2.71 bits per heavy atom. The van der Waals surface area contributed by atoms with Crippen LogP contribution in [0.25, 0.3) is 17.1 Å². The van der Waals surface area contributed by atoms with Gasteiger partial charge in [-0.3, -0.25) is 9.78 Å². The number of carbonyl (C=O) groups is 1. The molecular formula is C29H36ClN5O3. The zero-order valence-electron chi connectivity index (χ0n) is 22.7. The Hall–Kier alpha value is -3.23. The van der Waals surface area contributed by atoms with Crippen LogP contribution in [0.5, 0.6) is 11.6 Å². The van der Waals surface area contributed by atoms with Crippen molar-refractivity contribution in [1.29, 1.82) is 0 Å². The minimum atomic E-state index is -0.184. The van der Waals surface area contributed by atoms with Crippen LogP contribution in [0.1, 0.15) is 64.6 Å². The SMILES string of the molecule is CCC(C)(/C=C/c1c(Cl)cnc2ccc(OC)nc12)CCC(C)(CC)NCc1ccc2c(n1)NC(=O)CO2. The van der Waals surface area contributed by atoms with Gasteiger partial charge < -0.3 is 20.1 Å². The molecule has 1 aliphatic rings. The summed E-state index contributed by atoms with van der Waals surface area (Å²) in [6.07, 6.45) is 9.89. The number of rotatable bonds is 11. The molecule has 0 fully saturated rings. The molecule has 2 unspecified atom stereocenters. The van der Waals surface area contributed by atoms with Crippen LogP contribution in [0.2, 0.25) is 5.02 Å². The Labute approximate surface area is 229 Å². The Bertz CT molecular complexity index is 1350. The van der Waals surface area contributed by atoms with Gasteiger partial charge in [0, 0.05) is 29.9 Å². The third-order valence-corrected chi connectivity index (χ3v) is 7.91. The minimum absolute atomic E-state index is 0.0269. The molecule has 4 rings (SSSR count). The van der Waals surface area contributed by atoms with Gasteiger partial charge in [-0.15, -0.1) is 0 Å². The van der Waals surface area contributed by atoms with Gasteiger partial charge in [-0.2, -0.15) is 0 Å². The van der Waals surface area contributed by atoms with Gasteiger partial charge in [0.2, 0.25) is 5.88 Å². The Morgan fingerprint density at radius 1 is 1.16 bits per heavy atom. The smallest absolute Gasteiger partial charge is 0.263 e. The second kappa shape index (κ2) is 11.7. The summed E-state index contributed by atoms with van der Waals surface area (Å²) in [6, 6.07) is 7.49. The first-order valence-electron chi connectivity index (χ1n) is 13.0. The second-order valence-electron chi connectivity index (χ2n) is 10.3. The fourth-order valence-electron chi connectivity index (χ4n) is 4.34. The number of halogens is 1. The van der Waals surface area contributed by atoms with E-state index in [4.69, 9.17) is 21.1 Å². The lowest BCUT2D eigenvalue weighted by molar-refractivity contribution is -0.118. The molecule has 3 aromatic rings. The van der Waals surface area contributed by atoms with Crippen molar-refractivity contribution >= 4 is 40.4 Å². The van der Waals surface area contributed by atoms with E-state index in [1.807, 2.05) is 18.2 Å². The fraction of sp³-hybridized carbons (Fsp3) is 0.448. The molecule has 3 aromatic heterocycles. The van der Waals surface area contributed by atoms with Gasteiger partial charge in [-0.25, -0.2) is 9.97 Å². The van der Waals surface area contributed by atoms with E-state index >= 15 is 0 Å². The van der Waals surface area contributed by atoms with Gasteiger partial charge in [0.1, 0.15) is 5.52 Å². The summed E-state index contributed by atoms with van der Waals surface area (Å²) in [6.45, 7) is 9.56. The molecule has 0 radical (unpaired) electrons. The number of fused-ring (bicyclic) bond motifs is 2. The summed E-state index contributed by atoms with van der Waals surface area (Å²) < 4.78 is 10.7. The number of pyridine rings is 3. The van der Waals surface area contributed by atoms with E-state index in [1.54, 1.807) is 19.4 Å². The van der Waals surface area contributed by atoms with Gasteiger partial charge in [-0.1, -0.05) is 44.5 Å². The summed E-state index contributed by atoms with van der Waals surface area (Å²) in [5.74, 6) is 1.43. The zero-order valence-corrected chi connectivity index (χ0v) is 23.5. The average molecular weight is 538 g/mol. The van der Waals surface area contributed by atoms with Crippen LogP contribution in [-0.4, -0.2) is 40.1 Å². The van der Waals surface area contributed by atoms with Crippen molar-refractivity contribution in [3.8, 4) is 11.6 Å². The molecular weight excluding hydrogens is 502 g/mol. The van der Waals surface area contributed by atoms with E-state index in [9.17, 15) is 4.79 Å².